The molecule has 0 saturated heterocycles. The third-order valence-electron chi connectivity index (χ3n) is 4.54. The quantitative estimate of drug-likeness (QED) is 0.380. The number of para-hydroxylation sites is 1. The number of rotatable bonds is 2. The number of pyridine rings is 1. The van der Waals surface area contributed by atoms with E-state index in [9.17, 15) is 0 Å². The van der Waals surface area contributed by atoms with Crippen LogP contribution in [0.1, 0.15) is 0 Å². The fourth-order valence-corrected chi connectivity index (χ4v) is 3.28. The van der Waals surface area contributed by atoms with Crippen LogP contribution in [0.4, 0.5) is 0 Å². The van der Waals surface area contributed by atoms with Crippen LogP contribution in [0.15, 0.2) is 95.5 Å². The number of furan rings is 1. The van der Waals surface area contributed by atoms with Gasteiger partial charge in [-0.2, -0.15) is 0 Å². The Bertz CT molecular complexity index is 1190. The van der Waals surface area contributed by atoms with Crippen molar-refractivity contribution >= 4 is 21.9 Å². The average molecular weight is 321 g/mol. The lowest BCUT2D eigenvalue weighted by atomic mass is 10.0. The van der Waals surface area contributed by atoms with Crippen molar-refractivity contribution < 1.29 is 4.42 Å². The molecule has 5 rings (SSSR count). The third kappa shape index (κ3) is 2.39. The minimum absolute atomic E-state index is 0.907. The molecule has 5 aromatic rings. The molecule has 25 heavy (non-hydrogen) atoms. The summed E-state index contributed by atoms with van der Waals surface area (Å²) in [6.45, 7) is 0. The van der Waals surface area contributed by atoms with Gasteiger partial charge in [-0.15, -0.1) is 0 Å². The summed E-state index contributed by atoms with van der Waals surface area (Å²) >= 11 is 0. The summed E-state index contributed by atoms with van der Waals surface area (Å²) < 4.78 is 5.92. The van der Waals surface area contributed by atoms with Crippen LogP contribution in [-0.2, 0) is 0 Å². The molecule has 118 valence electrons. The van der Waals surface area contributed by atoms with Crippen molar-refractivity contribution in [3.8, 4) is 22.4 Å². The van der Waals surface area contributed by atoms with Gasteiger partial charge >= 0.3 is 0 Å². The van der Waals surface area contributed by atoms with Gasteiger partial charge in [0.1, 0.15) is 11.2 Å². The first-order chi connectivity index (χ1) is 12.4. The first-order valence-electron chi connectivity index (χ1n) is 8.32. The molecular weight excluding hydrogens is 306 g/mol. The highest BCUT2D eigenvalue weighted by atomic mass is 16.3. The molecular formula is C23H15NO. The highest BCUT2D eigenvalue weighted by molar-refractivity contribution is 6.06. The zero-order valence-corrected chi connectivity index (χ0v) is 13.5. The van der Waals surface area contributed by atoms with Crippen LogP contribution in [0.2, 0.25) is 0 Å². The number of benzene rings is 3. The minimum atomic E-state index is 0.907. The molecule has 0 aliphatic carbocycles. The molecule has 0 atom stereocenters. The van der Waals surface area contributed by atoms with Crippen molar-refractivity contribution in [2.24, 2.45) is 0 Å². The second-order valence-corrected chi connectivity index (χ2v) is 6.10. The molecule has 0 aliphatic rings. The Morgan fingerprint density at radius 3 is 2.28 bits per heavy atom. The van der Waals surface area contributed by atoms with Crippen molar-refractivity contribution in [1.29, 1.82) is 0 Å². The Balaban J connectivity index is 1.67. The lowest BCUT2D eigenvalue weighted by Gasteiger charge is -2.05. The van der Waals surface area contributed by atoms with E-state index in [1.165, 1.54) is 11.1 Å². The van der Waals surface area contributed by atoms with Gasteiger partial charge in [0.25, 0.3) is 0 Å². The van der Waals surface area contributed by atoms with Crippen LogP contribution in [-0.4, -0.2) is 4.98 Å². The molecule has 3 aromatic carbocycles. The molecule has 0 aliphatic heterocycles. The summed E-state index contributed by atoms with van der Waals surface area (Å²) in [5.41, 5.74) is 6.25. The van der Waals surface area contributed by atoms with E-state index < -0.39 is 0 Å². The highest BCUT2D eigenvalue weighted by Gasteiger charge is 2.09. The number of nitrogens with zero attached hydrogens (tertiary/aromatic N) is 1. The Kier molecular flexibility index (Phi) is 3.14. The lowest BCUT2D eigenvalue weighted by molar-refractivity contribution is 0.669. The normalized spacial score (nSPS) is 11.2. The predicted octanol–water partition coefficient (Wildman–Crippen LogP) is 6.32. The maximum absolute atomic E-state index is 5.92. The SMILES string of the molecule is c1ccc(-c2ccnc(-c3ccc4oc5ccccc5c4c3)c2)cc1. The molecule has 0 saturated carbocycles. The van der Waals surface area contributed by atoms with E-state index in [0.29, 0.717) is 0 Å². The monoisotopic (exact) mass is 321 g/mol. The maximum atomic E-state index is 5.92. The topological polar surface area (TPSA) is 26.0 Å². The van der Waals surface area contributed by atoms with Gasteiger partial charge < -0.3 is 4.42 Å². The molecule has 0 bridgehead atoms. The molecule has 0 N–H and O–H groups in total. The van der Waals surface area contributed by atoms with E-state index in [0.717, 1.165) is 33.2 Å². The van der Waals surface area contributed by atoms with E-state index in [1.807, 2.05) is 42.6 Å². The Morgan fingerprint density at radius 1 is 0.560 bits per heavy atom. The van der Waals surface area contributed by atoms with Crippen LogP contribution in [0.5, 0.6) is 0 Å². The van der Waals surface area contributed by atoms with Crippen LogP contribution in [0, 0.1) is 0 Å². The molecule has 0 unspecified atom stereocenters. The van der Waals surface area contributed by atoms with E-state index in [4.69, 9.17) is 4.42 Å². The van der Waals surface area contributed by atoms with Crippen molar-refractivity contribution in [2.45, 2.75) is 0 Å². The molecule has 0 fully saturated rings. The summed E-state index contributed by atoms with van der Waals surface area (Å²) in [4.78, 5) is 4.58. The predicted molar refractivity (Wildman–Crippen MR) is 102 cm³/mol. The van der Waals surface area contributed by atoms with E-state index >= 15 is 0 Å². The maximum Gasteiger partial charge on any atom is 0.135 e. The summed E-state index contributed by atoms with van der Waals surface area (Å²) in [5, 5.41) is 2.26. The van der Waals surface area contributed by atoms with Crippen LogP contribution >= 0.6 is 0 Å². The van der Waals surface area contributed by atoms with Crippen molar-refractivity contribution in [1.82, 2.24) is 4.98 Å². The zero-order chi connectivity index (χ0) is 16.6. The second kappa shape index (κ2) is 5.60. The summed E-state index contributed by atoms with van der Waals surface area (Å²) in [6, 6.07) is 29.0. The molecule has 2 aromatic heterocycles. The minimum Gasteiger partial charge on any atom is -0.456 e. The van der Waals surface area contributed by atoms with E-state index in [-0.39, 0.29) is 0 Å². The Hall–Kier alpha value is -3.39. The second-order valence-electron chi connectivity index (χ2n) is 6.10. The van der Waals surface area contributed by atoms with Gasteiger partial charge in [-0.1, -0.05) is 48.5 Å². The van der Waals surface area contributed by atoms with Gasteiger partial charge in [0, 0.05) is 22.5 Å². The van der Waals surface area contributed by atoms with Gasteiger partial charge in [0.05, 0.1) is 5.69 Å². The number of hydrogen-bond acceptors (Lipinski definition) is 2. The van der Waals surface area contributed by atoms with Crippen molar-refractivity contribution in [3.05, 3.63) is 91.1 Å². The van der Waals surface area contributed by atoms with Gasteiger partial charge in [0.2, 0.25) is 0 Å². The van der Waals surface area contributed by atoms with Gasteiger partial charge in [-0.25, -0.2) is 0 Å². The first-order valence-corrected chi connectivity index (χ1v) is 8.32. The molecule has 0 spiro atoms. The molecule has 0 amide bonds. The van der Waals surface area contributed by atoms with Crippen LogP contribution in [0.3, 0.4) is 0 Å². The molecule has 0 radical (unpaired) electrons. The summed E-state index contributed by atoms with van der Waals surface area (Å²) in [6.07, 6.45) is 1.87. The summed E-state index contributed by atoms with van der Waals surface area (Å²) in [5.74, 6) is 0. The fourth-order valence-electron chi connectivity index (χ4n) is 3.28. The average Bonchev–Trinajstić information content (AvgIpc) is 3.07. The largest absolute Gasteiger partial charge is 0.456 e. The Labute approximate surface area is 145 Å². The number of fused-ring (bicyclic) bond motifs is 3. The summed E-state index contributed by atoms with van der Waals surface area (Å²) in [7, 11) is 0. The standard InChI is InChI=1S/C23H15NO/c1-2-6-16(7-3-1)17-12-13-24-21(15-17)18-10-11-23-20(14-18)19-8-4-5-9-22(19)25-23/h1-15H. The molecule has 2 heterocycles. The molecule has 2 nitrogen and oxygen atoms in total. The third-order valence-corrected chi connectivity index (χ3v) is 4.54. The van der Waals surface area contributed by atoms with Crippen LogP contribution < -0.4 is 0 Å². The van der Waals surface area contributed by atoms with Crippen molar-refractivity contribution in [2.75, 3.05) is 0 Å². The van der Waals surface area contributed by atoms with Crippen molar-refractivity contribution in [3.63, 3.8) is 0 Å². The lowest BCUT2D eigenvalue weighted by Crippen LogP contribution is -1.85. The van der Waals surface area contributed by atoms with E-state index in [2.05, 4.69) is 53.5 Å². The number of aromatic nitrogens is 1. The number of hydrogen-bond donors (Lipinski definition) is 0. The fraction of sp³-hybridized carbons (Fsp3) is 0. The van der Waals surface area contributed by atoms with Gasteiger partial charge in [-0.3, -0.25) is 4.98 Å². The van der Waals surface area contributed by atoms with Gasteiger partial charge in [-0.05, 0) is 47.5 Å². The van der Waals surface area contributed by atoms with E-state index in [1.54, 1.807) is 0 Å². The first kappa shape index (κ1) is 14.0. The Morgan fingerprint density at radius 2 is 1.36 bits per heavy atom. The smallest absolute Gasteiger partial charge is 0.135 e. The van der Waals surface area contributed by atoms with Crippen LogP contribution in [0.25, 0.3) is 44.3 Å². The molecule has 2 heteroatoms. The van der Waals surface area contributed by atoms with Gasteiger partial charge in [0.15, 0.2) is 0 Å². The highest BCUT2D eigenvalue weighted by Crippen LogP contribution is 2.32. The zero-order valence-electron chi connectivity index (χ0n) is 13.5.